The van der Waals surface area contributed by atoms with Crippen LogP contribution >= 0.6 is 23.1 Å². The Kier molecular flexibility index (Phi) is 3.81. The van der Waals surface area contributed by atoms with E-state index in [4.69, 9.17) is 5.11 Å². The van der Waals surface area contributed by atoms with E-state index in [2.05, 4.69) is 28.8 Å². The molecule has 0 saturated heterocycles. The van der Waals surface area contributed by atoms with Gasteiger partial charge >= 0.3 is 0 Å². The number of rotatable bonds is 4. The number of fused-ring (bicyclic) bond motifs is 1. The van der Waals surface area contributed by atoms with Crippen LogP contribution in [0.5, 0.6) is 0 Å². The first-order chi connectivity index (χ1) is 9.26. The Morgan fingerprint density at radius 2 is 2.47 bits per heavy atom. The molecule has 3 rings (SSSR count). The smallest absolute Gasteiger partial charge is 0.0731 e. The molecule has 2 atom stereocenters. The van der Waals surface area contributed by atoms with Crippen molar-refractivity contribution in [2.45, 2.75) is 35.4 Å². The number of anilines is 1. The van der Waals surface area contributed by atoms with Crippen LogP contribution < -0.4 is 5.32 Å². The summed E-state index contributed by atoms with van der Waals surface area (Å²) >= 11 is 3.80. The van der Waals surface area contributed by atoms with Crippen molar-refractivity contribution in [3.63, 3.8) is 0 Å². The molecule has 0 aromatic carbocycles. The third-order valence-corrected chi connectivity index (χ3v) is 5.56. The third kappa shape index (κ3) is 2.80. The van der Waals surface area contributed by atoms with Gasteiger partial charge in [0.2, 0.25) is 0 Å². The number of aliphatic hydroxyl groups excluding tert-OH is 1. The summed E-state index contributed by atoms with van der Waals surface area (Å²) in [4.78, 5) is 0. The number of aromatic nitrogens is 2. The van der Waals surface area contributed by atoms with Crippen molar-refractivity contribution in [3.8, 4) is 0 Å². The van der Waals surface area contributed by atoms with Gasteiger partial charge in [-0.1, -0.05) is 6.92 Å². The van der Waals surface area contributed by atoms with Crippen molar-refractivity contribution in [1.29, 1.82) is 0 Å². The van der Waals surface area contributed by atoms with Gasteiger partial charge in [-0.3, -0.25) is 4.68 Å². The minimum Gasteiger partial charge on any atom is -0.394 e. The van der Waals surface area contributed by atoms with E-state index < -0.39 is 0 Å². The van der Waals surface area contributed by atoms with Crippen LogP contribution in [0, 0.1) is 0 Å². The third-order valence-electron chi connectivity index (χ3n) is 3.21. The zero-order chi connectivity index (χ0) is 13.2. The molecule has 0 aliphatic carbocycles. The molecule has 1 aliphatic heterocycles. The molecule has 6 heteroatoms. The lowest BCUT2D eigenvalue weighted by Gasteiger charge is -2.27. The van der Waals surface area contributed by atoms with E-state index in [1.807, 2.05) is 35.5 Å². The first-order valence-electron chi connectivity index (χ1n) is 6.40. The Morgan fingerprint density at radius 1 is 1.58 bits per heavy atom. The van der Waals surface area contributed by atoms with Crippen LogP contribution in [0.3, 0.4) is 0 Å². The number of thioether (sulfide) groups is 1. The van der Waals surface area contributed by atoms with Crippen molar-refractivity contribution in [3.05, 3.63) is 29.4 Å². The second kappa shape index (κ2) is 5.56. The van der Waals surface area contributed by atoms with E-state index in [-0.39, 0.29) is 6.61 Å². The molecule has 2 N–H and O–H groups in total. The molecule has 1 aliphatic rings. The Bertz CT molecular complexity index is 552. The van der Waals surface area contributed by atoms with E-state index in [1.165, 1.54) is 9.77 Å². The molecule has 0 radical (unpaired) electrons. The molecular weight excluding hydrogens is 278 g/mol. The fraction of sp³-hybridized carbons (Fsp3) is 0.462. The first-order valence-corrected chi connectivity index (χ1v) is 8.16. The first kappa shape index (κ1) is 13.0. The van der Waals surface area contributed by atoms with Gasteiger partial charge in [0, 0.05) is 11.4 Å². The van der Waals surface area contributed by atoms with Crippen LogP contribution in [0.1, 0.15) is 24.9 Å². The number of nitrogens with one attached hydrogen (secondary N) is 1. The second-order valence-electron chi connectivity index (χ2n) is 4.74. The van der Waals surface area contributed by atoms with E-state index in [0.717, 1.165) is 12.1 Å². The summed E-state index contributed by atoms with van der Waals surface area (Å²) in [6, 6.07) is 2.58. The molecular formula is C13H17N3OS2. The SMILES string of the molecule is C[C@H]1CC(Nc2cnn(CCO)c2)c2ccsc2S1. The predicted octanol–water partition coefficient (Wildman–Crippen LogP) is 2.97. The van der Waals surface area contributed by atoms with Gasteiger partial charge in [0.1, 0.15) is 0 Å². The molecule has 2 aromatic heterocycles. The Balaban J connectivity index is 1.76. The highest BCUT2D eigenvalue weighted by atomic mass is 32.2. The molecule has 0 amide bonds. The summed E-state index contributed by atoms with van der Waals surface area (Å²) < 4.78 is 3.19. The molecule has 0 fully saturated rings. The standard InChI is InChI=1S/C13H17N3OS2/c1-9-6-12(11-2-5-18-13(11)19-9)15-10-7-14-16(8-10)3-4-17/h2,5,7-9,12,15,17H,3-4,6H2,1H3/t9-,12?/m0/s1. The largest absolute Gasteiger partial charge is 0.394 e. The lowest BCUT2D eigenvalue weighted by atomic mass is 10.0. The molecule has 4 nitrogen and oxygen atoms in total. The van der Waals surface area contributed by atoms with E-state index in [9.17, 15) is 0 Å². The molecule has 102 valence electrons. The minimum absolute atomic E-state index is 0.118. The zero-order valence-electron chi connectivity index (χ0n) is 10.7. The summed E-state index contributed by atoms with van der Waals surface area (Å²) in [5.41, 5.74) is 2.43. The maximum atomic E-state index is 8.90. The van der Waals surface area contributed by atoms with Crippen LogP contribution in [-0.2, 0) is 6.54 Å². The average molecular weight is 295 g/mol. The molecule has 0 bridgehead atoms. The Morgan fingerprint density at radius 3 is 3.32 bits per heavy atom. The monoisotopic (exact) mass is 295 g/mol. The van der Waals surface area contributed by atoms with Gasteiger partial charge in [-0.2, -0.15) is 5.10 Å². The van der Waals surface area contributed by atoms with Gasteiger partial charge in [-0.05, 0) is 23.4 Å². The van der Waals surface area contributed by atoms with Crippen molar-refractivity contribution in [1.82, 2.24) is 9.78 Å². The van der Waals surface area contributed by atoms with Crippen molar-refractivity contribution in [2.75, 3.05) is 11.9 Å². The fourth-order valence-electron chi connectivity index (χ4n) is 2.35. The van der Waals surface area contributed by atoms with Crippen molar-refractivity contribution < 1.29 is 5.11 Å². The van der Waals surface area contributed by atoms with Crippen molar-refractivity contribution >= 4 is 28.8 Å². The second-order valence-corrected chi connectivity index (χ2v) is 7.36. The van der Waals surface area contributed by atoms with Crippen LogP contribution in [0.15, 0.2) is 28.0 Å². The maximum absolute atomic E-state index is 8.90. The summed E-state index contributed by atoms with van der Waals surface area (Å²) in [7, 11) is 0. The van der Waals surface area contributed by atoms with Crippen LogP contribution in [-0.4, -0.2) is 26.7 Å². The van der Waals surface area contributed by atoms with Gasteiger partial charge < -0.3 is 10.4 Å². The van der Waals surface area contributed by atoms with E-state index >= 15 is 0 Å². The highest BCUT2D eigenvalue weighted by Gasteiger charge is 2.26. The molecule has 0 saturated carbocycles. The molecule has 1 unspecified atom stereocenters. The topological polar surface area (TPSA) is 50.1 Å². The predicted molar refractivity (Wildman–Crippen MR) is 79.9 cm³/mol. The number of thiophene rings is 1. The Labute approximate surface area is 120 Å². The number of aliphatic hydroxyl groups is 1. The average Bonchev–Trinajstić information content (AvgIpc) is 2.98. The van der Waals surface area contributed by atoms with Crippen molar-refractivity contribution in [2.24, 2.45) is 0 Å². The molecule has 3 heterocycles. The Hall–Kier alpha value is -0.980. The highest BCUT2D eigenvalue weighted by molar-refractivity contribution is 8.01. The quantitative estimate of drug-likeness (QED) is 0.910. The van der Waals surface area contributed by atoms with Gasteiger partial charge in [-0.15, -0.1) is 23.1 Å². The summed E-state index contributed by atoms with van der Waals surface area (Å²) in [5, 5.41) is 19.5. The van der Waals surface area contributed by atoms with Crippen LogP contribution in [0.4, 0.5) is 5.69 Å². The highest BCUT2D eigenvalue weighted by Crippen LogP contribution is 2.44. The zero-order valence-corrected chi connectivity index (χ0v) is 12.4. The van der Waals surface area contributed by atoms with Gasteiger partial charge in [0.05, 0.1) is 35.3 Å². The van der Waals surface area contributed by atoms with Crippen LogP contribution in [0.25, 0.3) is 0 Å². The van der Waals surface area contributed by atoms with Gasteiger partial charge in [0.15, 0.2) is 0 Å². The lowest BCUT2D eigenvalue weighted by Crippen LogP contribution is -2.18. The van der Waals surface area contributed by atoms with Gasteiger partial charge in [-0.25, -0.2) is 0 Å². The molecule has 2 aromatic rings. The summed E-state index contributed by atoms with van der Waals surface area (Å²) in [5.74, 6) is 0. The fourth-order valence-corrected chi connectivity index (χ4v) is 4.92. The van der Waals surface area contributed by atoms with E-state index in [0.29, 0.717) is 17.8 Å². The van der Waals surface area contributed by atoms with Gasteiger partial charge in [0.25, 0.3) is 0 Å². The summed E-state index contributed by atoms with van der Waals surface area (Å²) in [6.45, 7) is 2.94. The summed E-state index contributed by atoms with van der Waals surface area (Å²) in [6.07, 6.45) is 4.91. The van der Waals surface area contributed by atoms with Crippen LogP contribution in [0.2, 0.25) is 0 Å². The maximum Gasteiger partial charge on any atom is 0.0731 e. The normalized spacial score (nSPS) is 22.2. The molecule has 19 heavy (non-hydrogen) atoms. The minimum atomic E-state index is 0.118. The lowest BCUT2D eigenvalue weighted by molar-refractivity contribution is 0.269. The number of hydrogen-bond acceptors (Lipinski definition) is 5. The van der Waals surface area contributed by atoms with E-state index in [1.54, 1.807) is 4.68 Å². The number of nitrogens with zero attached hydrogens (tertiary/aromatic N) is 2. The number of hydrogen-bond donors (Lipinski definition) is 2. The molecule has 0 spiro atoms.